The van der Waals surface area contributed by atoms with Crippen molar-refractivity contribution in [1.29, 1.82) is 0 Å². The molecule has 1 unspecified atom stereocenters. The molecule has 0 bridgehead atoms. The Morgan fingerprint density at radius 3 is 2.09 bits per heavy atom. The highest BCUT2D eigenvalue weighted by Crippen LogP contribution is 2.36. The summed E-state index contributed by atoms with van der Waals surface area (Å²) in [5, 5.41) is 0. The SMILES string of the molecule is Cc1ccc(C(CNS(=O)(=O)c2ccc(N3C(=O)C(C)(C)CS3(=O)=O)cc2)N(C)C)cc1. The molecule has 1 heterocycles. The molecule has 174 valence electrons. The number of nitrogens with one attached hydrogen (secondary N) is 1. The minimum atomic E-state index is -3.84. The quantitative estimate of drug-likeness (QED) is 0.653. The molecule has 1 fully saturated rings. The van der Waals surface area contributed by atoms with Gasteiger partial charge < -0.3 is 4.90 Å². The highest BCUT2D eigenvalue weighted by molar-refractivity contribution is 7.94. The van der Waals surface area contributed by atoms with Crippen LogP contribution >= 0.6 is 0 Å². The lowest BCUT2D eigenvalue weighted by Gasteiger charge is -2.25. The van der Waals surface area contributed by atoms with Gasteiger partial charge in [-0.15, -0.1) is 0 Å². The second-order valence-corrected chi connectivity index (χ2v) is 12.5. The second kappa shape index (κ2) is 8.58. The number of nitrogens with zero attached hydrogens (tertiary/aromatic N) is 2. The lowest BCUT2D eigenvalue weighted by atomic mass is 9.95. The average Bonchev–Trinajstić information content (AvgIpc) is 2.85. The van der Waals surface area contributed by atoms with Crippen molar-refractivity contribution in [3.8, 4) is 0 Å². The Morgan fingerprint density at radius 1 is 1.06 bits per heavy atom. The number of sulfonamides is 2. The van der Waals surface area contributed by atoms with E-state index in [1.807, 2.05) is 50.2 Å². The van der Waals surface area contributed by atoms with Gasteiger partial charge in [-0.25, -0.2) is 25.9 Å². The summed E-state index contributed by atoms with van der Waals surface area (Å²) in [5.41, 5.74) is 1.21. The largest absolute Gasteiger partial charge is 0.301 e. The fraction of sp³-hybridized carbons (Fsp3) is 0.409. The van der Waals surface area contributed by atoms with Crippen molar-refractivity contribution in [2.24, 2.45) is 5.41 Å². The van der Waals surface area contributed by atoms with Crippen molar-refractivity contribution in [1.82, 2.24) is 9.62 Å². The van der Waals surface area contributed by atoms with Gasteiger partial charge in [-0.05, 0) is 64.7 Å². The molecule has 32 heavy (non-hydrogen) atoms. The third kappa shape index (κ3) is 4.88. The molecule has 2 aromatic rings. The van der Waals surface area contributed by atoms with Crippen molar-refractivity contribution in [2.45, 2.75) is 31.7 Å². The van der Waals surface area contributed by atoms with E-state index in [2.05, 4.69) is 4.72 Å². The van der Waals surface area contributed by atoms with Crippen LogP contribution in [0.1, 0.15) is 31.0 Å². The van der Waals surface area contributed by atoms with Crippen molar-refractivity contribution >= 4 is 31.6 Å². The van der Waals surface area contributed by atoms with Crippen molar-refractivity contribution in [3.05, 3.63) is 59.7 Å². The van der Waals surface area contributed by atoms with E-state index in [0.29, 0.717) is 0 Å². The van der Waals surface area contributed by atoms with Gasteiger partial charge in [-0.2, -0.15) is 0 Å². The lowest BCUT2D eigenvalue weighted by Crippen LogP contribution is -2.34. The molecule has 1 aliphatic heterocycles. The predicted octanol–water partition coefficient (Wildman–Crippen LogP) is 2.28. The molecule has 8 nitrogen and oxygen atoms in total. The van der Waals surface area contributed by atoms with E-state index in [-0.39, 0.29) is 28.9 Å². The summed E-state index contributed by atoms with van der Waals surface area (Å²) in [4.78, 5) is 14.5. The van der Waals surface area contributed by atoms with Gasteiger partial charge in [-0.1, -0.05) is 29.8 Å². The lowest BCUT2D eigenvalue weighted by molar-refractivity contribution is -0.123. The molecule has 1 amide bonds. The summed E-state index contributed by atoms with van der Waals surface area (Å²) in [6.07, 6.45) is 0. The molecule has 1 saturated heterocycles. The Bertz CT molecular complexity index is 1200. The van der Waals surface area contributed by atoms with Crippen LogP contribution in [0.5, 0.6) is 0 Å². The zero-order chi connectivity index (χ0) is 23.9. The van der Waals surface area contributed by atoms with E-state index in [1.165, 1.54) is 24.3 Å². The number of amides is 1. The van der Waals surface area contributed by atoms with E-state index in [9.17, 15) is 21.6 Å². The molecule has 0 aliphatic carbocycles. The van der Waals surface area contributed by atoms with Crippen LogP contribution in [-0.2, 0) is 24.8 Å². The molecule has 1 atom stereocenters. The van der Waals surface area contributed by atoms with Gasteiger partial charge in [0.25, 0.3) is 0 Å². The van der Waals surface area contributed by atoms with Crippen LogP contribution in [-0.4, -0.2) is 54.0 Å². The van der Waals surface area contributed by atoms with E-state index >= 15 is 0 Å². The summed E-state index contributed by atoms with van der Waals surface area (Å²) in [6, 6.07) is 13.0. The van der Waals surface area contributed by atoms with Gasteiger partial charge >= 0.3 is 0 Å². The normalized spacial score (nSPS) is 18.8. The molecule has 1 aliphatic rings. The molecule has 2 aromatic carbocycles. The molecule has 10 heteroatoms. The Balaban J connectivity index is 1.79. The van der Waals surface area contributed by atoms with E-state index < -0.39 is 31.4 Å². The van der Waals surface area contributed by atoms with Crippen LogP contribution in [0, 0.1) is 12.3 Å². The third-order valence-corrected chi connectivity index (χ3v) is 8.98. The number of benzene rings is 2. The number of rotatable bonds is 7. The molecular formula is C22H29N3O5S2. The van der Waals surface area contributed by atoms with Gasteiger partial charge in [0.1, 0.15) is 0 Å². The molecule has 0 aromatic heterocycles. The van der Waals surface area contributed by atoms with E-state index in [1.54, 1.807) is 13.8 Å². The van der Waals surface area contributed by atoms with Crippen LogP contribution in [0.2, 0.25) is 0 Å². The van der Waals surface area contributed by atoms with Gasteiger partial charge in [0.2, 0.25) is 26.0 Å². The Labute approximate surface area is 190 Å². The monoisotopic (exact) mass is 479 g/mol. The third-order valence-electron chi connectivity index (χ3n) is 5.52. The number of aryl methyl sites for hydroxylation is 1. The topological polar surface area (TPSA) is 104 Å². The number of hydrogen-bond donors (Lipinski definition) is 1. The molecule has 0 spiro atoms. The molecule has 1 N–H and O–H groups in total. The van der Waals surface area contributed by atoms with Gasteiger partial charge in [0.15, 0.2) is 0 Å². The first-order valence-corrected chi connectivity index (χ1v) is 13.2. The maximum Gasteiger partial charge on any atom is 0.247 e. The summed E-state index contributed by atoms with van der Waals surface area (Å²) >= 11 is 0. The van der Waals surface area contributed by atoms with Crippen LogP contribution in [0.4, 0.5) is 5.69 Å². The van der Waals surface area contributed by atoms with Crippen molar-refractivity contribution in [2.75, 3.05) is 30.7 Å². The molecule has 0 saturated carbocycles. The minimum absolute atomic E-state index is 0.00836. The Hall–Kier alpha value is -2.27. The number of anilines is 1. The average molecular weight is 480 g/mol. The minimum Gasteiger partial charge on any atom is -0.301 e. The zero-order valence-electron chi connectivity index (χ0n) is 18.9. The summed E-state index contributed by atoms with van der Waals surface area (Å²) in [5.74, 6) is -0.816. The number of hydrogen-bond acceptors (Lipinski definition) is 6. The zero-order valence-corrected chi connectivity index (χ0v) is 20.5. The van der Waals surface area contributed by atoms with Crippen molar-refractivity contribution < 1.29 is 21.6 Å². The Kier molecular flexibility index (Phi) is 6.54. The fourth-order valence-corrected chi connectivity index (χ4v) is 6.83. The first-order chi connectivity index (χ1) is 14.7. The summed E-state index contributed by atoms with van der Waals surface area (Å²) < 4.78 is 54.0. The van der Waals surface area contributed by atoms with E-state index in [0.717, 1.165) is 15.4 Å². The number of carbonyl (C=O) groups is 1. The highest BCUT2D eigenvalue weighted by atomic mass is 32.2. The molecule has 0 radical (unpaired) electrons. The number of carbonyl (C=O) groups excluding carboxylic acids is 1. The smallest absolute Gasteiger partial charge is 0.247 e. The summed E-state index contributed by atoms with van der Waals surface area (Å²) in [7, 11) is -3.88. The maximum absolute atomic E-state index is 12.8. The number of likely N-dealkylation sites (N-methyl/N-ethyl adjacent to an activating group) is 1. The van der Waals surface area contributed by atoms with Gasteiger partial charge in [0, 0.05) is 12.6 Å². The molecule has 3 rings (SSSR count). The first kappa shape index (κ1) is 24.4. The summed E-state index contributed by atoms with van der Waals surface area (Å²) in [6.45, 7) is 5.30. The second-order valence-electron chi connectivity index (χ2n) is 8.95. The molecular weight excluding hydrogens is 450 g/mol. The van der Waals surface area contributed by atoms with Crippen LogP contribution in [0.25, 0.3) is 0 Å². The highest BCUT2D eigenvalue weighted by Gasteiger charge is 2.49. The fourth-order valence-electron chi connectivity index (χ4n) is 3.68. The van der Waals surface area contributed by atoms with E-state index in [4.69, 9.17) is 0 Å². The van der Waals surface area contributed by atoms with Crippen LogP contribution in [0.3, 0.4) is 0 Å². The van der Waals surface area contributed by atoms with Crippen LogP contribution in [0.15, 0.2) is 53.4 Å². The first-order valence-electron chi connectivity index (χ1n) is 10.1. The van der Waals surface area contributed by atoms with Gasteiger partial charge in [-0.3, -0.25) is 4.79 Å². The van der Waals surface area contributed by atoms with Crippen molar-refractivity contribution in [3.63, 3.8) is 0 Å². The standard InChI is InChI=1S/C22H29N3O5S2/c1-16-6-8-17(9-7-16)20(24(4)5)14-23-32(29,30)19-12-10-18(11-13-19)25-21(26)22(2,3)15-31(25,27)28/h6-13,20,23H,14-15H2,1-5H3. The van der Waals surface area contributed by atoms with Crippen LogP contribution < -0.4 is 9.03 Å². The van der Waals surface area contributed by atoms with Gasteiger partial charge in [0.05, 0.1) is 21.8 Å². The Morgan fingerprint density at radius 2 is 1.62 bits per heavy atom. The predicted molar refractivity (Wildman–Crippen MR) is 124 cm³/mol. The maximum atomic E-state index is 12.8.